The Morgan fingerprint density at radius 1 is 1.07 bits per heavy atom. The maximum absolute atomic E-state index is 13.4. The largest absolute Gasteiger partial charge is 0.451 e. The van der Waals surface area contributed by atoms with Gasteiger partial charge in [-0.15, -0.1) is 0 Å². The molecule has 2 aromatic heterocycles. The molecule has 28 heavy (non-hydrogen) atoms. The summed E-state index contributed by atoms with van der Waals surface area (Å²) in [6.07, 6.45) is 0. The van der Waals surface area contributed by atoms with E-state index in [1.54, 1.807) is 4.90 Å². The van der Waals surface area contributed by atoms with Crippen LogP contribution in [0.5, 0.6) is 0 Å². The third kappa shape index (κ3) is 2.57. The topological polar surface area (TPSA) is 62.5 Å². The number of hydrogen-bond donors (Lipinski definition) is 0. The highest BCUT2D eigenvalue weighted by Crippen LogP contribution is 2.34. The zero-order valence-corrected chi connectivity index (χ0v) is 17.0. The van der Waals surface area contributed by atoms with Gasteiger partial charge in [-0.2, -0.15) is 0 Å². The predicted octanol–water partition coefficient (Wildman–Crippen LogP) is 4.54. The lowest BCUT2D eigenvalue weighted by Gasteiger charge is -2.33. The fraction of sp³-hybridized carbons (Fsp3) is 0.190. The Balaban J connectivity index is 1.65. The zero-order chi connectivity index (χ0) is 19.4. The number of para-hydroxylation sites is 2. The van der Waals surface area contributed by atoms with E-state index in [4.69, 9.17) is 14.4 Å². The molecule has 4 aromatic rings. The van der Waals surface area contributed by atoms with Crippen LogP contribution >= 0.6 is 15.9 Å². The van der Waals surface area contributed by atoms with E-state index in [1.165, 1.54) is 0 Å². The van der Waals surface area contributed by atoms with Gasteiger partial charge in [0.25, 0.3) is 5.91 Å². The zero-order valence-electron chi connectivity index (χ0n) is 15.4. The third-order valence-electron chi connectivity index (χ3n) is 5.15. The monoisotopic (exact) mass is 436 g/mol. The van der Waals surface area contributed by atoms with Crippen LogP contribution in [0.4, 0.5) is 11.6 Å². The summed E-state index contributed by atoms with van der Waals surface area (Å²) < 4.78 is 6.87. The molecule has 0 N–H and O–H groups in total. The average molecular weight is 437 g/mol. The molecule has 140 valence electrons. The highest BCUT2D eigenvalue weighted by Gasteiger charge is 2.32. The summed E-state index contributed by atoms with van der Waals surface area (Å²) in [4.78, 5) is 26.6. The Labute approximate surface area is 169 Å². The average Bonchev–Trinajstić information content (AvgIpc) is 3.03. The summed E-state index contributed by atoms with van der Waals surface area (Å²) in [5.74, 6) is 1.43. The summed E-state index contributed by atoms with van der Waals surface area (Å²) >= 11 is 3.48. The van der Waals surface area contributed by atoms with E-state index in [1.807, 2.05) is 61.3 Å². The van der Waals surface area contributed by atoms with Gasteiger partial charge in [0.05, 0.1) is 11.0 Å². The maximum Gasteiger partial charge on any atom is 0.295 e. The van der Waals surface area contributed by atoms with Gasteiger partial charge in [-0.05, 0) is 37.3 Å². The van der Waals surface area contributed by atoms with E-state index >= 15 is 0 Å². The SMILES string of the molecule is Cc1c(C(=O)N2CCN(C)c3nc4ccccc4nc32)oc2ccc(Br)cc12. The van der Waals surface area contributed by atoms with Crippen molar-refractivity contribution in [1.82, 2.24) is 9.97 Å². The van der Waals surface area contributed by atoms with Crippen LogP contribution in [0.2, 0.25) is 0 Å². The highest BCUT2D eigenvalue weighted by atomic mass is 79.9. The van der Waals surface area contributed by atoms with Crippen LogP contribution in [0, 0.1) is 6.92 Å². The van der Waals surface area contributed by atoms with Crippen molar-refractivity contribution in [3.05, 3.63) is 58.3 Å². The fourth-order valence-corrected chi connectivity index (χ4v) is 3.96. The Morgan fingerprint density at radius 2 is 1.79 bits per heavy atom. The number of hydrogen-bond acceptors (Lipinski definition) is 5. The molecule has 3 heterocycles. The van der Waals surface area contributed by atoms with E-state index in [-0.39, 0.29) is 5.91 Å². The molecule has 2 aromatic carbocycles. The number of carbonyl (C=O) groups is 1. The van der Waals surface area contributed by atoms with Gasteiger partial charge in [-0.25, -0.2) is 9.97 Å². The first-order chi connectivity index (χ1) is 13.5. The van der Waals surface area contributed by atoms with Crippen molar-refractivity contribution in [3.8, 4) is 0 Å². The number of benzene rings is 2. The Kier molecular flexibility index (Phi) is 3.87. The molecule has 1 aliphatic heterocycles. The lowest BCUT2D eigenvalue weighted by atomic mass is 10.1. The number of rotatable bonds is 1. The van der Waals surface area contributed by atoms with Crippen LogP contribution < -0.4 is 9.80 Å². The molecule has 7 heteroatoms. The van der Waals surface area contributed by atoms with Crippen LogP contribution in [0.15, 0.2) is 51.4 Å². The normalized spacial score (nSPS) is 14.0. The molecule has 0 saturated carbocycles. The number of nitrogens with zero attached hydrogens (tertiary/aromatic N) is 4. The molecular weight excluding hydrogens is 420 g/mol. The summed E-state index contributed by atoms with van der Waals surface area (Å²) in [6.45, 7) is 3.11. The van der Waals surface area contributed by atoms with E-state index < -0.39 is 0 Å². The first-order valence-electron chi connectivity index (χ1n) is 9.01. The minimum absolute atomic E-state index is 0.191. The number of aromatic nitrogens is 2. The first-order valence-corrected chi connectivity index (χ1v) is 9.80. The second-order valence-electron chi connectivity index (χ2n) is 6.93. The fourth-order valence-electron chi connectivity index (χ4n) is 3.60. The minimum atomic E-state index is -0.191. The van der Waals surface area contributed by atoms with Crippen molar-refractivity contribution in [2.24, 2.45) is 0 Å². The molecule has 0 aliphatic carbocycles. The molecule has 0 radical (unpaired) electrons. The van der Waals surface area contributed by atoms with E-state index in [9.17, 15) is 4.79 Å². The quantitative estimate of drug-likeness (QED) is 0.438. The van der Waals surface area contributed by atoms with Gasteiger partial charge in [0.2, 0.25) is 0 Å². The van der Waals surface area contributed by atoms with Gasteiger partial charge >= 0.3 is 0 Å². The number of anilines is 2. The smallest absolute Gasteiger partial charge is 0.295 e. The number of fused-ring (bicyclic) bond motifs is 3. The van der Waals surface area contributed by atoms with Crippen LogP contribution in [0.25, 0.3) is 22.0 Å². The molecule has 0 fully saturated rings. The number of furan rings is 1. The van der Waals surface area contributed by atoms with Gasteiger partial charge in [0.1, 0.15) is 5.58 Å². The van der Waals surface area contributed by atoms with Crippen molar-refractivity contribution in [2.45, 2.75) is 6.92 Å². The summed E-state index contributed by atoms with van der Waals surface area (Å²) in [5, 5.41) is 0.927. The molecule has 5 rings (SSSR count). The van der Waals surface area contributed by atoms with Crippen LogP contribution in [-0.4, -0.2) is 36.0 Å². The van der Waals surface area contributed by atoms with Crippen LogP contribution in [0.1, 0.15) is 16.1 Å². The van der Waals surface area contributed by atoms with Crippen LogP contribution in [-0.2, 0) is 0 Å². The number of amides is 1. The number of halogens is 1. The molecule has 0 spiro atoms. The number of aryl methyl sites for hydroxylation is 1. The molecule has 1 aliphatic rings. The van der Waals surface area contributed by atoms with Crippen molar-refractivity contribution in [3.63, 3.8) is 0 Å². The Hall–Kier alpha value is -2.93. The lowest BCUT2D eigenvalue weighted by molar-refractivity contribution is 0.0960. The molecule has 6 nitrogen and oxygen atoms in total. The Morgan fingerprint density at radius 3 is 2.54 bits per heavy atom. The van der Waals surface area contributed by atoms with Crippen molar-refractivity contribution >= 4 is 55.5 Å². The van der Waals surface area contributed by atoms with E-state index in [2.05, 4.69) is 15.9 Å². The predicted molar refractivity (Wildman–Crippen MR) is 113 cm³/mol. The molecular formula is C21H17BrN4O2. The van der Waals surface area contributed by atoms with Crippen molar-refractivity contribution in [2.75, 3.05) is 29.9 Å². The standard InChI is InChI=1S/C21H17BrN4O2/c1-12-14-11-13(22)7-8-17(14)28-18(12)21(27)26-10-9-25(2)19-20(26)24-16-6-4-3-5-15(16)23-19/h3-8,11H,9-10H2,1-2H3. The van der Waals surface area contributed by atoms with Gasteiger partial charge in [0.15, 0.2) is 17.4 Å². The number of carbonyl (C=O) groups excluding carboxylic acids is 1. The van der Waals surface area contributed by atoms with Gasteiger partial charge < -0.3 is 9.32 Å². The van der Waals surface area contributed by atoms with Gasteiger partial charge in [0, 0.05) is 35.6 Å². The molecule has 1 amide bonds. The van der Waals surface area contributed by atoms with Gasteiger partial charge in [-0.1, -0.05) is 28.1 Å². The molecule has 0 atom stereocenters. The van der Waals surface area contributed by atoms with E-state index in [0.717, 1.165) is 26.5 Å². The Bertz CT molecular complexity index is 1250. The van der Waals surface area contributed by atoms with Crippen molar-refractivity contribution < 1.29 is 9.21 Å². The lowest BCUT2D eigenvalue weighted by Crippen LogP contribution is -2.43. The van der Waals surface area contributed by atoms with Gasteiger partial charge in [-0.3, -0.25) is 9.69 Å². The number of likely N-dealkylation sites (N-methyl/N-ethyl adjacent to an activating group) is 1. The second kappa shape index (κ2) is 6.31. The maximum atomic E-state index is 13.4. The van der Waals surface area contributed by atoms with E-state index in [0.29, 0.717) is 36.1 Å². The first kappa shape index (κ1) is 17.2. The second-order valence-corrected chi connectivity index (χ2v) is 7.85. The molecule has 0 saturated heterocycles. The highest BCUT2D eigenvalue weighted by molar-refractivity contribution is 9.10. The molecule has 0 bridgehead atoms. The van der Waals surface area contributed by atoms with Crippen molar-refractivity contribution in [1.29, 1.82) is 0 Å². The summed E-state index contributed by atoms with van der Waals surface area (Å²) in [6, 6.07) is 13.4. The third-order valence-corrected chi connectivity index (χ3v) is 5.64. The minimum Gasteiger partial charge on any atom is -0.451 e. The molecule has 0 unspecified atom stereocenters. The van der Waals surface area contributed by atoms with Crippen LogP contribution in [0.3, 0.4) is 0 Å². The summed E-state index contributed by atoms with van der Waals surface area (Å²) in [5.41, 5.74) is 3.10. The summed E-state index contributed by atoms with van der Waals surface area (Å²) in [7, 11) is 1.97.